The molecule has 1 aliphatic rings. The molecule has 0 bridgehead atoms. The van der Waals surface area contributed by atoms with Crippen LogP contribution in [0.2, 0.25) is 5.02 Å². The molecule has 3 heterocycles. The molecule has 4 rings (SSSR count). The van der Waals surface area contributed by atoms with Gasteiger partial charge in [0.05, 0.1) is 11.2 Å². The first-order valence-electron chi connectivity index (χ1n) is 9.35. The summed E-state index contributed by atoms with van der Waals surface area (Å²) in [5, 5.41) is 12.8. The van der Waals surface area contributed by atoms with Crippen LogP contribution in [0.3, 0.4) is 0 Å². The second kappa shape index (κ2) is 8.60. The van der Waals surface area contributed by atoms with E-state index in [1.54, 1.807) is 17.3 Å². The summed E-state index contributed by atoms with van der Waals surface area (Å²) >= 11 is 5.84. The van der Waals surface area contributed by atoms with Crippen LogP contribution in [0.5, 0.6) is 0 Å². The van der Waals surface area contributed by atoms with E-state index in [9.17, 15) is 9.59 Å². The quantitative estimate of drug-likeness (QED) is 0.683. The molecule has 0 saturated carbocycles. The van der Waals surface area contributed by atoms with Crippen molar-refractivity contribution >= 4 is 23.6 Å². The van der Waals surface area contributed by atoms with Crippen molar-refractivity contribution in [3.63, 3.8) is 0 Å². The Morgan fingerprint density at radius 1 is 1.07 bits per heavy atom. The number of carboxylic acid groups (broad SMARTS) is 1. The van der Waals surface area contributed by atoms with Gasteiger partial charge in [0.25, 0.3) is 0 Å². The van der Waals surface area contributed by atoms with Crippen molar-refractivity contribution < 1.29 is 14.7 Å². The highest BCUT2D eigenvalue weighted by Crippen LogP contribution is 2.20. The monoisotopic (exact) mass is 426 g/mol. The van der Waals surface area contributed by atoms with Crippen molar-refractivity contribution in [3.05, 3.63) is 65.5 Å². The van der Waals surface area contributed by atoms with Gasteiger partial charge in [-0.25, -0.2) is 19.6 Å². The van der Waals surface area contributed by atoms with Crippen molar-refractivity contribution in [3.8, 4) is 11.1 Å². The lowest BCUT2D eigenvalue weighted by atomic mass is 10.1. The summed E-state index contributed by atoms with van der Waals surface area (Å²) in [7, 11) is 0. The molecule has 2 aromatic heterocycles. The molecule has 0 spiro atoms. The fraction of sp³-hybridized carbons (Fsp3) is 0.250. The van der Waals surface area contributed by atoms with Gasteiger partial charge in [0.1, 0.15) is 6.33 Å². The van der Waals surface area contributed by atoms with Crippen molar-refractivity contribution in [1.82, 2.24) is 29.5 Å². The molecule has 1 saturated heterocycles. The molecule has 1 amide bonds. The Balaban J connectivity index is 1.37. The summed E-state index contributed by atoms with van der Waals surface area (Å²) in [4.78, 5) is 35.7. The van der Waals surface area contributed by atoms with Crippen molar-refractivity contribution in [2.75, 3.05) is 26.2 Å². The average molecular weight is 427 g/mol. The average Bonchev–Trinajstić information content (AvgIpc) is 3.16. The number of carboxylic acids is 1. The number of aromatic carboxylic acids is 1. The first kappa shape index (κ1) is 20.0. The largest absolute Gasteiger partial charge is 0.476 e. The molecule has 1 aliphatic heterocycles. The summed E-state index contributed by atoms with van der Waals surface area (Å²) in [5.41, 5.74) is 2.87. The lowest BCUT2D eigenvalue weighted by Crippen LogP contribution is -2.49. The van der Waals surface area contributed by atoms with Gasteiger partial charge >= 0.3 is 12.0 Å². The third kappa shape index (κ3) is 4.32. The van der Waals surface area contributed by atoms with Crippen LogP contribution in [0, 0.1) is 0 Å². The molecule has 9 nitrogen and oxygen atoms in total. The Labute approximate surface area is 177 Å². The highest BCUT2D eigenvalue weighted by Gasteiger charge is 2.25. The minimum Gasteiger partial charge on any atom is -0.476 e. The number of carbonyl (C=O) groups is 2. The second-order valence-electron chi connectivity index (χ2n) is 6.95. The zero-order valence-electron chi connectivity index (χ0n) is 16.0. The second-order valence-corrected chi connectivity index (χ2v) is 7.36. The summed E-state index contributed by atoms with van der Waals surface area (Å²) in [6.45, 7) is 3.20. The Bertz CT molecular complexity index is 1060. The first-order valence-corrected chi connectivity index (χ1v) is 9.73. The van der Waals surface area contributed by atoms with Crippen LogP contribution < -0.4 is 0 Å². The number of nitrogens with zero attached hydrogens (tertiary/aromatic N) is 6. The topological polar surface area (TPSA) is 104 Å². The smallest absolute Gasteiger partial charge is 0.357 e. The molecule has 154 valence electrons. The van der Waals surface area contributed by atoms with Crippen LogP contribution >= 0.6 is 11.6 Å². The highest BCUT2D eigenvalue weighted by atomic mass is 35.5. The highest BCUT2D eigenvalue weighted by molar-refractivity contribution is 6.33. The molecule has 0 radical (unpaired) electrons. The Morgan fingerprint density at radius 3 is 2.47 bits per heavy atom. The SMILES string of the molecule is O=C(O)c1nn(C(=O)N2CCN(Cc3cccc(-c4cncnc4)c3)CC2)cc1Cl. The van der Waals surface area contributed by atoms with Gasteiger partial charge in [-0.05, 0) is 17.2 Å². The Morgan fingerprint density at radius 2 is 1.80 bits per heavy atom. The predicted molar refractivity (Wildman–Crippen MR) is 109 cm³/mol. The molecular formula is C20H19ClN6O3. The molecule has 0 aliphatic carbocycles. The maximum absolute atomic E-state index is 12.6. The van der Waals surface area contributed by atoms with Crippen LogP contribution in [-0.2, 0) is 6.54 Å². The van der Waals surface area contributed by atoms with E-state index >= 15 is 0 Å². The predicted octanol–water partition coefficient (Wildman–Crippen LogP) is 2.48. The third-order valence-corrected chi connectivity index (χ3v) is 5.21. The molecule has 0 unspecified atom stereocenters. The summed E-state index contributed by atoms with van der Waals surface area (Å²) in [6, 6.07) is 7.85. The van der Waals surface area contributed by atoms with Gasteiger partial charge in [-0.15, -0.1) is 0 Å². The Hall–Kier alpha value is -3.30. The molecular weight excluding hydrogens is 408 g/mol. The lowest BCUT2D eigenvalue weighted by molar-refractivity contribution is 0.0690. The van der Waals surface area contributed by atoms with E-state index in [1.807, 2.05) is 12.1 Å². The fourth-order valence-electron chi connectivity index (χ4n) is 3.39. The van der Waals surface area contributed by atoms with Gasteiger partial charge in [-0.3, -0.25) is 4.90 Å². The molecule has 10 heteroatoms. The van der Waals surface area contributed by atoms with Gasteiger partial charge in [-0.1, -0.05) is 29.8 Å². The summed E-state index contributed by atoms with van der Waals surface area (Å²) in [6.07, 6.45) is 6.31. The van der Waals surface area contributed by atoms with Crippen LogP contribution in [0.4, 0.5) is 4.79 Å². The minimum absolute atomic E-state index is 0.0572. The van der Waals surface area contributed by atoms with E-state index < -0.39 is 5.97 Å². The number of benzene rings is 1. The number of carbonyl (C=O) groups excluding carboxylic acids is 1. The van der Waals surface area contributed by atoms with Crippen molar-refractivity contribution in [2.45, 2.75) is 6.54 Å². The van der Waals surface area contributed by atoms with Crippen molar-refractivity contribution in [1.29, 1.82) is 0 Å². The molecule has 30 heavy (non-hydrogen) atoms. The van der Waals surface area contributed by atoms with E-state index in [0.29, 0.717) is 26.2 Å². The van der Waals surface area contributed by atoms with Gasteiger partial charge in [0.15, 0.2) is 5.69 Å². The number of hydrogen-bond acceptors (Lipinski definition) is 6. The number of rotatable bonds is 4. The zero-order valence-corrected chi connectivity index (χ0v) is 16.7. The Kier molecular flexibility index (Phi) is 5.73. The molecule has 1 fully saturated rings. The number of hydrogen-bond donors (Lipinski definition) is 1. The van der Waals surface area contributed by atoms with Crippen molar-refractivity contribution in [2.24, 2.45) is 0 Å². The maximum Gasteiger partial charge on any atom is 0.357 e. The number of aromatic nitrogens is 4. The number of amides is 1. The zero-order chi connectivity index (χ0) is 21.1. The fourth-order valence-corrected chi connectivity index (χ4v) is 3.60. The number of piperazine rings is 1. The van der Waals surface area contributed by atoms with Gasteiger partial charge in [0.2, 0.25) is 0 Å². The molecule has 1 N–H and O–H groups in total. The standard InChI is InChI=1S/C20H19ClN6O3/c21-17-12-27(24-18(17)19(28)29)20(30)26-6-4-25(5-7-26)11-14-2-1-3-15(8-14)16-9-22-13-23-10-16/h1-3,8-10,12-13H,4-7,11H2,(H,28,29). The summed E-state index contributed by atoms with van der Waals surface area (Å²) in [5.74, 6) is -1.26. The maximum atomic E-state index is 12.6. The number of halogens is 1. The molecule has 1 aromatic carbocycles. The van der Waals surface area contributed by atoms with E-state index in [1.165, 1.54) is 18.1 Å². The normalized spacial score (nSPS) is 14.6. The molecule has 0 atom stereocenters. The van der Waals surface area contributed by atoms with Gasteiger partial charge in [-0.2, -0.15) is 9.78 Å². The van der Waals surface area contributed by atoms with Gasteiger partial charge in [0, 0.05) is 50.7 Å². The van der Waals surface area contributed by atoms with E-state index in [0.717, 1.165) is 22.4 Å². The molecule has 3 aromatic rings. The van der Waals surface area contributed by atoms with Crippen LogP contribution in [0.1, 0.15) is 16.1 Å². The van der Waals surface area contributed by atoms with E-state index in [4.69, 9.17) is 16.7 Å². The van der Waals surface area contributed by atoms with Crippen LogP contribution in [0.25, 0.3) is 11.1 Å². The van der Waals surface area contributed by atoms with Crippen LogP contribution in [-0.4, -0.2) is 72.8 Å². The first-order chi connectivity index (χ1) is 14.5. The van der Waals surface area contributed by atoms with E-state index in [-0.39, 0.29) is 16.7 Å². The third-order valence-electron chi connectivity index (χ3n) is 4.94. The van der Waals surface area contributed by atoms with Gasteiger partial charge < -0.3 is 10.0 Å². The minimum atomic E-state index is -1.26. The van der Waals surface area contributed by atoms with Crippen LogP contribution in [0.15, 0.2) is 49.2 Å². The summed E-state index contributed by atoms with van der Waals surface area (Å²) < 4.78 is 0.993. The van der Waals surface area contributed by atoms with E-state index in [2.05, 4.69) is 32.1 Å². The lowest BCUT2D eigenvalue weighted by Gasteiger charge is -2.34.